The van der Waals surface area contributed by atoms with Gasteiger partial charge in [-0.15, -0.1) is 0 Å². The summed E-state index contributed by atoms with van der Waals surface area (Å²) >= 11 is 0. The van der Waals surface area contributed by atoms with E-state index in [4.69, 9.17) is 4.74 Å². The molecule has 0 spiro atoms. The van der Waals surface area contributed by atoms with Gasteiger partial charge in [-0.3, -0.25) is 9.48 Å². The van der Waals surface area contributed by atoms with Crippen LogP contribution in [-0.4, -0.2) is 30.0 Å². The summed E-state index contributed by atoms with van der Waals surface area (Å²) in [6.07, 6.45) is 10.2. The fourth-order valence-electron chi connectivity index (χ4n) is 2.97. The molecule has 1 aliphatic rings. The first-order valence-corrected chi connectivity index (χ1v) is 7.89. The fraction of sp³-hybridized carbons (Fsp3) is 0.688. The third-order valence-corrected chi connectivity index (χ3v) is 4.20. The van der Waals surface area contributed by atoms with Crippen molar-refractivity contribution in [3.05, 3.63) is 22.1 Å². The lowest BCUT2D eigenvalue weighted by molar-refractivity contribution is 0.0588. The van der Waals surface area contributed by atoms with Crippen LogP contribution in [-0.2, 0) is 11.3 Å². The molecule has 0 radical (unpaired) electrons. The second-order valence-electron chi connectivity index (χ2n) is 5.80. The lowest BCUT2D eigenvalue weighted by Crippen LogP contribution is -2.26. The number of hydrogen-bond donors (Lipinski definition) is 0. The predicted octanol–water partition coefficient (Wildman–Crippen LogP) is 2.40. The van der Waals surface area contributed by atoms with E-state index in [-0.39, 0.29) is 11.4 Å². The van der Waals surface area contributed by atoms with Crippen molar-refractivity contribution in [3.63, 3.8) is 0 Å². The lowest BCUT2D eigenvalue weighted by Gasteiger charge is -2.20. The van der Waals surface area contributed by atoms with Gasteiger partial charge >= 0.3 is 5.97 Å². The van der Waals surface area contributed by atoms with Gasteiger partial charge in [-0.25, -0.2) is 4.79 Å². The predicted molar refractivity (Wildman–Crippen MR) is 82.2 cm³/mol. The molecule has 0 saturated heterocycles. The van der Waals surface area contributed by atoms with Crippen molar-refractivity contribution in [3.8, 4) is 5.75 Å². The van der Waals surface area contributed by atoms with Crippen LogP contribution in [0.25, 0.3) is 0 Å². The molecule has 2 rings (SSSR count). The molecule has 6 nitrogen and oxygen atoms in total. The van der Waals surface area contributed by atoms with Crippen LogP contribution in [0.15, 0.2) is 11.0 Å². The second-order valence-corrected chi connectivity index (χ2v) is 5.80. The van der Waals surface area contributed by atoms with E-state index in [2.05, 4.69) is 9.84 Å². The molecule has 1 aromatic rings. The summed E-state index contributed by atoms with van der Waals surface area (Å²) in [6.45, 7) is 0.695. The number of rotatable bonds is 4. The van der Waals surface area contributed by atoms with Crippen LogP contribution < -0.4 is 10.2 Å². The average molecular weight is 308 g/mol. The Morgan fingerprint density at radius 3 is 2.45 bits per heavy atom. The van der Waals surface area contributed by atoms with Gasteiger partial charge in [-0.05, 0) is 18.8 Å². The number of nitrogens with zero attached hydrogens (tertiary/aromatic N) is 2. The van der Waals surface area contributed by atoms with E-state index in [1.807, 2.05) is 0 Å². The number of aromatic nitrogens is 2. The highest BCUT2D eigenvalue weighted by Gasteiger charge is 2.19. The van der Waals surface area contributed by atoms with Crippen molar-refractivity contribution < 1.29 is 14.3 Å². The zero-order valence-corrected chi connectivity index (χ0v) is 13.3. The SMILES string of the molecule is COC(=O)c1nn(CC2CCCCCCC2)cc(OC)c1=O. The molecule has 0 N–H and O–H groups in total. The Kier molecular flexibility index (Phi) is 5.98. The first-order valence-electron chi connectivity index (χ1n) is 7.89. The number of ether oxygens (including phenoxy) is 2. The Labute approximate surface area is 130 Å². The number of hydrogen-bond acceptors (Lipinski definition) is 5. The zero-order chi connectivity index (χ0) is 15.9. The van der Waals surface area contributed by atoms with Crippen LogP contribution in [0.2, 0.25) is 0 Å². The standard InChI is InChI=1S/C16H24N2O4/c1-21-13-11-18(17-14(15(13)19)16(20)22-2)10-12-8-6-4-3-5-7-9-12/h11-12H,3-10H2,1-2H3. The maximum Gasteiger partial charge on any atom is 0.362 e. The summed E-state index contributed by atoms with van der Waals surface area (Å²) < 4.78 is 11.4. The first-order chi connectivity index (χ1) is 10.7. The maximum atomic E-state index is 12.0. The summed E-state index contributed by atoms with van der Waals surface area (Å²) in [7, 11) is 2.65. The van der Waals surface area contributed by atoms with Gasteiger partial charge in [0.15, 0.2) is 5.75 Å². The second kappa shape index (κ2) is 7.96. The fourth-order valence-corrected chi connectivity index (χ4v) is 2.97. The van der Waals surface area contributed by atoms with Crippen molar-refractivity contribution in [2.45, 2.75) is 51.5 Å². The zero-order valence-electron chi connectivity index (χ0n) is 13.3. The molecule has 22 heavy (non-hydrogen) atoms. The van der Waals surface area contributed by atoms with E-state index in [9.17, 15) is 9.59 Å². The van der Waals surface area contributed by atoms with E-state index in [0.29, 0.717) is 12.5 Å². The van der Waals surface area contributed by atoms with Gasteiger partial charge in [0.2, 0.25) is 5.69 Å². The molecular weight excluding hydrogens is 284 g/mol. The van der Waals surface area contributed by atoms with Crippen LogP contribution >= 0.6 is 0 Å². The van der Waals surface area contributed by atoms with Crippen molar-refractivity contribution in [2.24, 2.45) is 5.92 Å². The Morgan fingerprint density at radius 2 is 1.86 bits per heavy atom. The molecule has 0 unspecified atom stereocenters. The van der Waals surface area contributed by atoms with Gasteiger partial charge in [0.1, 0.15) is 0 Å². The van der Waals surface area contributed by atoms with Gasteiger partial charge < -0.3 is 9.47 Å². The van der Waals surface area contributed by atoms with E-state index in [1.165, 1.54) is 46.3 Å². The highest BCUT2D eigenvalue weighted by molar-refractivity contribution is 5.87. The molecule has 0 bridgehead atoms. The smallest absolute Gasteiger partial charge is 0.362 e. The Hall–Kier alpha value is -1.85. The van der Waals surface area contributed by atoms with E-state index < -0.39 is 11.4 Å². The van der Waals surface area contributed by atoms with Gasteiger partial charge in [0, 0.05) is 6.54 Å². The summed E-state index contributed by atoms with van der Waals surface area (Å²) in [5, 5.41) is 4.15. The Balaban J connectivity index is 2.22. The Morgan fingerprint density at radius 1 is 1.23 bits per heavy atom. The topological polar surface area (TPSA) is 70.4 Å². The minimum absolute atomic E-state index is 0.126. The van der Waals surface area contributed by atoms with Gasteiger partial charge in [0.25, 0.3) is 5.43 Å². The van der Waals surface area contributed by atoms with E-state index in [0.717, 1.165) is 12.8 Å². The third kappa shape index (κ3) is 4.08. The summed E-state index contributed by atoms with van der Waals surface area (Å²) in [5.41, 5.74) is -0.740. The molecule has 122 valence electrons. The molecule has 0 atom stereocenters. The summed E-state index contributed by atoms with van der Waals surface area (Å²) in [5.74, 6) is -0.0814. The highest BCUT2D eigenvalue weighted by Crippen LogP contribution is 2.23. The van der Waals surface area contributed by atoms with Crippen LogP contribution in [0.1, 0.15) is 55.4 Å². The minimum Gasteiger partial charge on any atom is -0.491 e. The maximum absolute atomic E-state index is 12.0. The van der Waals surface area contributed by atoms with Gasteiger partial charge in [-0.2, -0.15) is 5.10 Å². The molecule has 0 aromatic carbocycles. The van der Waals surface area contributed by atoms with Crippen molar-refractivity contribution in [2.75, 3.05) is 14.2 Å². The van der Waals surface area contributed by atoms with Gasteiger partial charge in [-0.1, -0.05) is 32.1 Å². The van der Waals surface area contributed by atoms with E-state index in [1.54, 1.807) is 10.9 Å². The van der Waals surface area contributed by atoms with Crippen molar-refractivity contribution in [1.82, 2.24) is 9.78 Å². The molecule has 1 aliphatic carbocycles. The molecule has 0 aliphatic heterocycles. The largest absolute Gasteiger partial charge is 0.491 e. The monoisotopic (exact) mass is 308 g/mol. The number of carbonyl (C=O) groups excluding carboxylic acids is 1. The van der Waals surface area contributed by atoms with Crippen molar-refractivity contribution >= 4 is 5.97 Å². The van der Waals surface area contributed by atoms with Crippen molar-refractivity contribution in [1.29, 1.82) is 0 Å². The van der Waals surface area contributed by atoms with E-state index >= 15 is 0 Å². The van der Waals surface area contributed by atoms with Crippen LogP contribution in [0.5, 0.6) is 5.75 Å². The molecular formula is C16H24N2O4. The van der Waals surface area contributed by atoms with Gasteiger partial charge in [0.05, 0.1) is 20.4 Å². The van der Waals surface area contributed by atoms with Crippen LogP contribution in [0.3, 0.4) is 0 Å². The molecule has 0 amide bonds. The summed E-state index contributed by atoms with van der Waals surface area (Å²) in [6, 6.07) is 0. The summed E-state index contributed by atoms with van der Waals surface area (Å²) in [4.78, 5) is 23.7. The Bertz CT molecular complexity index is 560. The number of methoxy groups -OCH3 is 2. The molecule has 1 aromatic heterocycles. The highest BCUT2D eigenvalue weighted by atomic mass is 16.5. The van der Waals surface area contributed by atoms with Crippen LogP contribution in [0, 0.1) is 5.92 Å². The molecule has 1 saturated carbocycles. The lowest BCUT2D eigenvalue weighted by atomic mass is 9.91. The normalized spacial score (nSPS) is 16.6. The number of esters is 1. The number of carbonyl (C=O) groups is 1. The average Bonchev–Trinajstić information content (AvgIpc) is 2.50. The minimum atomic E-state index is -0.727. The quantitative estimate of drug-likeness (QED) is 0.799. The first kappa shape index (κ1) is 16.5. The van der Waals surface area contributed by atoms with Crippen LogP contribution in [0.4, 0.5) is 0 Å². The third-order valence-electron chi connectivity index (χ3n) is 4.20. The molecule has 1 fully saturated rings. The molecule has 6 heteroatoms. The molecule has 1 heterocycles.